The van der Waals surface area contributed by atoms with Crippen molar-refractivity contribution in [2.45, 2.75) is 24.8 Å². The Morgan fingerprint density at radius 2 is 2.13 bits per heavy atom. The fraction of sp³-hybridized carbons (Fsp3) is 0.364. The van der Waals surface area contributed by atoms with Gasteiger partial charge in [0, 0.05) is 12.0 Å². The first-order valence-electron chi connectivity index (χ1n) is 4.73. The first-order chi connectivity index (χ1) is 6.68. The predicted molar refractivity (Wildman–Crippen MR) is 60.4 cm³/mol. The second kappa shape index (κ2) is 4.64. The largest absolute Gasteiger partial charge is 0.481 e. The van der Waals surface area contributed by atoms with E-state index >= 15 is 0 Å². The Balaban J connectivity index is 0.00000112. The van der Waals surface area contributed by atoms with Gasteiger partial charge in [0.2, 0.25) is 0 Å². The number of carboxylic acid groups (broad SMARTS) is 1. The molecule has 3 N–H and O–H groups in total. The molecule has 0 aliphatic heterocycles. The Morgan fingerprint density at radius 3 is 2.80 bits per heavy atom. The van der Waals surface area contributed by atoms with Gasteiger partial charge in [-0.25, -0.2) is 0 Å². The van der Waals surface area contributed by atoms with Crippen LogP contribution in [0.4, 0.5) is 0 Å². The molecule has 0 heterocycles. The summed E-state index contributed by atoms with van der Waals surface area (Å²) in [5.41, 5.74) is 8.23. The highest BCUT2D eigenvalue weighted by atomic mass is 35.5. The normalized spacial score (nSPS) is 23.0. The number of hydrogen-bond donors (Lipinski definition) is 2. The van der Waals surface area contributed by atoms with E-state index < -0.39 is 5.97 Å². The Labute approximate surface area is 94.7 Å². The summed E-state index contributed by atoms with van der Waals surface area (Å²) < 4.78 is 0. The Kier molecular flexibility index (Phi) is 3.72. The molecular formula is C11H14ClNO2. The maximum absolute atomic E-state index is 10.7. The molecule has 4 heteroatoms. The van der Waals surface area contributed by atoms with Crippen LogP contribution in [0.5, 0.6) is 0 Å². The quantitative estimate of drug-likeness (QED) is 0.806. The molecule has 0 spiro atoms. The van der Waals surface area contributed by atoms with E-state index in [1.54, 1.807) is 0 Å². The minimum absolute atomic E-state index is 0. The predicted octanol–water partition coefficient (Wildman–Crippen LogP) is 1.55. The average Bonchev–Trinajstić information content (AvgIpc) is 2.43. The summed E-state index contributed by atoms with van der Waals surface area (Å²) in [6.45, 7) is 0. The topological polar surface area (TPSA) is 63.3 Å². The van der Waals surface area contributed by atoms with Gasteiger partial charge in [0.25, 0.3) is 0 Å². The Morgan fingerprint density at radius 1 is 1.47 bits per heavy atom. The van der Waals surface area contributed by atoms with Crippen molar-refractivity contribution < 1.29 is 9.90 Å². The van der Waals surface area contributed by atoms with E-state index in [1.165, 1.54) is 5.56 Å². The van der Waals surface area contributed by atoms with Crippen molar-refractivity contribution in [2.24, 2.45) is 5.73 Å². The molecule has 1 aromatic carbocycles. The minimum Gasteiger partial charge on any atom is -0.481 e. The molecule has 0 amide bonds. The lowest BCUT2D eigenvalue weighted by Gasteiger charge is -2.13. The van der Waals surface area contributed by atoms with Crippen molar-refractivity contribution in [3.8, 4) is 0 Å². The monoisotopic (exact) mass is 227 g/mol. The van der Waals surface area contributed by atoms with E-state index in [2.05, 4.69) is 0 Å². The van der Waals surface area contributed by atoms with Gasteiger partial charge in [0.1, 0.15) is 0 Å². The third-order valence-corrected chi connectivity index (χ3v) is 2.82. The van der Waals surface area contributed by atoms with Gasteiger partial charge in [-0.2, -0.15) is 0 Å². The van der Waals surface area contributed by atoms with Gasteiger partial charge in [0.05, 0.1) is 6.42 Å². The highest BCUT2D eigenvalue weighted by molar-refractivity contribution is 5.85. The zero-order valence-electron chi connectivity index (χ0n) is 8.22. The molecule has 1 aromatic rings. The van der Waals surface area contributed by atoms with Crippen molar-refractivity contribution in [3.63, 3.8) is 0 Å². The van der Waals surface area contributed by atoms with Crippen molar-refractivity contribution in [2.75, 3.05) is 0 Å². The highest BCUT2D eigenvalue weighted by Gasteiger charge is 2.30. The fourth-order valence-corrected chi connectivity index (χ4v) is 2.16. The van der Waals surface area contributed by atoms with Crippen LogP contribution in [0.1, 0.15) is 23.5 Å². The van der Waals surface area contributed by atoms with E-state index in [9.17, 15) is 4.79 Å². The average molecular weight is 228 g/mol. The van der Waals surface area contributed by atoms with Crippen molar-refractivity contribution >= 4 is 18.4 Å². The number of carbonyl (C=O) groups is 1. The van der Waals surface area contributed by atoms with Crippen molar-refractivity contribution in [1.82, 2.24) is 0 Å². The number of rotatable bonds is 2. The van der Waals surface area contributed by atoms with Crippen LogP contribution in [0.3, 0.4) is 0 Å². The van der Waals surface area contributed by atoms with E-state index in [-0.39, 0.29) is 30.8 Å². The van der Waals surface area contributed by atoms with Crippen molar-refractivity contribution in [1.29, 1.82) is 0 Å². The van der Waals surface area contributed by atoms with Gasteiger partial charge >= 0.3 is 5.97 Å². The number of nitrogens with two attached hydrogens (primary N) is 1. The van der Waals surface area contributed by atoms with Gasteiger partial charge in [-0.1, -0.05) is 24.3 Å². The van der Waals surface area contributed by atoms with E-state index in [0.717, 1.165) is 12.0 Å². The van der Waals surface area contributed by atoms with Gasteiger partial charge in [0.15, 0.2) is 0 Å². The molecule has 2 rings (SSSR count). The number of benzene rings is 1. The summed E-state index contributed by atoms with van der Waals surface area (Å²) in [7, 11) is 0. The van der Waals surface area contributed by atoms with Crippen LogP contribution < -0.4 is 5.73 Å². The number of hydrogen-bond acceptors (Lipinski definition) is 2. The molecular weight excluding hydrogens is 214 g/mol. The molecule has 0 fully saturated rings. The molecule has 1 aliphatic carbocycles. The van der Waals surface area contributed by atoms with E-state index in [0.29, 0.717) is 0 Å². The highest BCUT2D eigenvalue weighted by Crippen LogP contribution is 2.34. The first kappa shape index (κ1) is 12.0. The molecule has 0 aromatic heterocycles. The van der Waals surface area contributed by atoms with E-state index in [4.69, 9.17) is 10.8 Å². The number of halogens is 1. The number of fused-ring (bicyclic) bond motifs is 1. The summed E-state index contributed by atoms with van der Waals surface area (Å²) in [6, 6.07) is 7.87. The third kappa shape index (κ3) is 2.30. The molecule has 0 bridgehead atoms. The van der Waals surface area contributed by atoms with Gasteiger partial charge in [-0.3, -0.25) is 4.79 Å². The lowest BCUT2D eigenvalue weighted by atomic mass is 9.95. The minimum atomic E-state index is -0.776. The molecule has 2 atom stereocenters. The molecule has 0 saturated heterocycles. The van der Waals surface area contributed by atoms with Gasteiger partial charge in [-0.05, 0) is 17.5 Å². The summed E-state index contributed by atoms with van der Waals surface area (Å²) >= 11 is 0. The van der Waals surface area contributed by atoms with Crippen LogP contribution >= 0.6 is 12.4 Å². The molecule has 0 unspecified atom stereocenters. The Bertz CT molecular complexity index is 367. The summed E-state index contributed by atoms with van der Waals surface area (Å²) in [4.78, 5) is 10.7. The summed E-state index contributed by atoms with van der Waals surface area (Å²) in [5.74, 6) is -0.786. The molecule has 0 saturated carbocycles. The molecule has 15 heavy (non-hydrogen) atoms. The molecule has 0 radical (unpaired) electrons. The third-order valence-electron chi connectivity index (χ3n) is 2.82. The standard InChI is InChI=1S/C11H13NO2.ClH/c12-10-5-7-3-1-2-4-8(7)9(10)6-11(13)14;/h1-4,9-10H,5-6,12H2,(H,13,14);1H/t9-,10-;/m1./s1. The first-order valence-corrected chi connectivity index (χ1v) is 4.73. The van der Waals surface area contributed by atoms with Crippen molar-refractivity contribution in [3.05, 3.63) is 35.4 Å². The smallest absolute Gasteiger partial charge is 0.304 e. The zero-order valence-corrected chi connectivity index (χ0v) is 9.04. The zero-order chi connectivity index (χ0) is 10.1. The second-order valence-corrected chi connectivity index (χ2v) is 3.77. The molecule has 82 valence electrons. The number of aliphatic carboxylic acids is 1. The summed E-state index contributed by atoms with van der Waals surface area (Å²) in [5, 5.41) is 8.76. The lowest BCUT2D eigenvalue weighted by Crippen LogP contribution is -2.26. The van der Waals surface area contributed by atoms with Gasteiger partial charge in [-0.15, -0.1) is 12.4 Å². The maximum atomic E-state index is 10.7. The fourth-order valence-electron chi connectivity index (χ4n) is 2.16. The van der Waals surface area contributed by atoms with E-state index in [1.807, 2.05) is 24.3 Å². The summed E-state index contributed by atoms with van der Waals surface area (Å²) in [6.07, 6.45) is 0.937. The SMILES string of the molecule is Cl.N[C@@H]1Cc2ccccc2[C@H]1CC(=O)O. The lowest BCUT2D eigenvalue weighted by molar-refractivity contribution is -0.137. The van der Waals surface area contributed by atoms with Crippen LogP contribution in [0.15, 0.2) is 24.3 Å². The molecule has 1 aliphatic rings. The number of carboxylic acids is 1. The van der Waals surface area contributed by atoms with Crippen LogP contribution in [0.2, 0.25) is 0 Å². The second-order valence-electron chi connectivity index (χ2n) is 3.77. The maximum Gasteiger partial charge on any atom is 0.304 e. The van der Waals surface area contributed by atoms with Crippen LogP contribution in [-0.2, 0) is 11.2 Å². The van der Waals surface area contributed by atoms with Crippen LogP contribution in [0.25, 0.3) is 0 Å². The van der Waals surface area contributed by atoms with Crippen LogP contribution in [0, 0.1) is 0 Å². The van der Waals surface area contributed by atoms with Crippen LogP contribution in [-0.4, -0.2) is 17.1 Å². The van der Waals surface area contributed by atoms with Gasteiger partial charge < -0.3 is 10.8 Å². The molecule has 3 nitrogen and oxygen atoms in total. The Hall–Kier alpha value is -1.06.